The van der Waals surface area contributed by atoms with Crippen molar-refractivity contribution in [2.45, 2.75) is 142 Å². The molecule has 2 heterocycles. The number of rotatable bonds is 10. The number of carbonyl (C=O) groups excluding carboxylic acids is 4. The van der Waals surface area contributed by atoms with Gasteiger partial charge in [0.2, 0.25) is 5.91 Å². The quantitative estimate of drug-likeness (QED) is 0.295. The third kappa shape index (κ3) is 12.8. The summed E-state index contributed by atoms with van der Waals surface area (Å²) in [5.41, 5.74) is -2.86. The maximum Gasteiger partial charge on any atom is 0.408 e. The van der Waals surface area contributed by atoms with Gasteiger partial charge in [-0.15, -0.1) is 0 Å². The van der Waals surface area contributed by atoms with Crippen molar-refractivity contribution in [2.75, 3.05) is 51.3 Å². The van der Waals surface area contributed by atoms with Crippen LogP contribution in [-0.2, 0) is 14.3 Å². The van der Waals surface area contributed by atoms with Gasteiger partial charge in [-0.3, -0.25) is 19.6 Å². The van der Waals surface area contributed by atoms with Crippen LogP contribution in [0.25, 0.3) is 0 Å². The summed E-state index contributed by atoms with van der Waals surface area (Å²) in [5.74, 6) is 0.281. The molecule has 1 aliphatic heterocycles. The molecule has 0 spiro atoms. The molecule has 1 aromatic rings. The molecule has 2 aliphatic carbocycles. The Labute approximate surface area is 319 Å². The Morgan fingerprint density at radius 1 is 0.833 bits per heavy atom. The first-order valence-corrected chi connectivity index (χ1v) is 19.5. The van der Waals surface area contributed by atoms with Gasteiger partial charge >= 0.3 is 23.9 Å². The predicted octanol–water partition coefficient (Wildman–Crippen LogP) is 5.06. The number of aromatic nitrogens is 2. The van der Waals surface area contributed by atoms with E-state index in [4.69, 9.17) is 9.47 Å². The standard InChI is InChI=1S/C38H63FN8O7/c1-36(2,3)53-34(51)40-27-11-15-28(16-12-27)46(20-18-39)25-26-9-13-29(14-10-26)47-19-17-30(42-33(47)50)41-32(49)45-23-21-44(22-24-45)31(48)38(7,8)43-35(52)54-37(4,5)6/h17,19,26-29H,9-16,18,20-25H2,1-8H3,(H,40,51)(H,43,52)(H,41,42,49,50). The van der Waals surface area contributed by atoms with E-state index in [0.29, 0.717) is 12.5 Å². The van der Waals surface area contributed by atoms with Gasteiger partial charge in [0.15, 0.2) is 0 Å². The van der Waals surface area contributed by atoms with Gasteiger partial charge in [-0.05, 0) is 119 Å². The van der Waals surface area contributed by atoms with Crippen molar-refractivity contribution in [1.82, 2.24) is 34.9 Å². The molecule has 304 valence electrons. The minimum absolute atomic E-state index is 0.00494. The van der Waals surface area contributed by atoms with Crippen molar-refractivity contribution in [1.29, 1.82) is 0 Å². The van der Waals surface area contributed by atoms with Gasteiger partial charge in [-0.2, -0.15) is 4.98 Å². The van der Waals surface area contributed by atoms with E-state index in [2.05, 4.69) is 25.8 Å². The fourth-order valence-electron chi connectivity index (χ4n) is 7.60. The number of piperazine rings is 1. The highest BCUT2D eigenvalue weighted by atomic mass is 19.1. The summed E-state index contributed by atoms with van der Waals surface area (Å²) in [6.45, 7) is 15.9. The van der Waals surface area contributed by atoms with E-state index >= 15 is 0 Å². The Balaban J connectivity index is 1.21. The summed E-state index contributed by atoms with van der Waals surface area (Å²) in [7, 11) is 0. The number of carbonyl (C=O) groups is 4. The summed E-state index contributed by atoms with van der Waals surface area (Å²) >= 11 is 0. The Morgan fingerprint density at radius 2 is 1.41 bits per heavy atom. The molecule has 4 rings (SSSR count). The highest BCUT2D eigenvalue weighted by Crippen LogP contribution is 2.33. The molecule has 0 radical (unpaired) electrons. The van der Waals surface area contributed by atoms with Gasteiger partial charge < -0.3 is 29.9 Å². The number of amides is 5. The fraction of sp³-hybridized carbons (Fsp3) is 0.789. The molecule has 3 N–H and O–H groups in total. The number of anilines is 1. The largest absolute Gasteiger partial charge is 0.444 e. The first-order valence-electron chi connectivity index (χ1n) is 19.5. The van der Waals surface area contributed by atoms with E-state index in [0.717, 1.165) is 57.9 Å². The van der Waals surface area contributed by atoms with E-state index in [1.54, 1.807) is 61.2 Å². The minimum atomic E-state index is -1.19. The normalized spacial score (nSPS) is 22.7. The second-order valence-corrected chi connectivity index (χ2v) is 17.5. The molecule has 3 aliphatic rings. The molecular formula is C38H63FN8O7. The molecule has 15 nitrogen and oxygen atoms in total. The maximum atomic E-state index is 13.6. The monoisotopic (exact) mass is 762 g/mol. The van der Waals surface area contributed by atoms with Gasteiger partial charge in [-0.1, -0.05) is 0 Å². The van der Waals surface area contributed by atoms with E-state index in [-0.39, 0.29) is 56.0 Å². The van der Waals surface area contributed by atoms with E-state index in [1.165, 1.54) is 0 Å². The molecule has 3 fully saturated rings. The summed E-state index contributed by atoms with van der Waals surface area (Å²) in [5, 5.41) is 8.34. The van der Waals surface area contributed by atoms with Gasteiger partial charge in [-0.25, -0.2) is 23.6 Å². The lowest BCUT2D eigenvalue weighted by Crippen LogP contribution is -2.60. The smallest absolute Gasteiger partial charge is 0.408 e. The fourth-order valence-corrected chi connectivity index (χ4v) is 7.60. The number of hydrogen-bond acceptors (Lipinski definition) is 9. The van der Waals surface area contributed by atoms with E-state index < -0.39 is 47.3 Å². The SMILES string of the molecule is CC(C)(C)OC(=O)NC1CCC(N(CCF)CC2CCC(n3ccc(NC(=O)N4CCN(C(=O)C(C)(C)NC(=O)OC(C)(C)C)CC4)nc3=O)CC2)CC1. The highest BCUT2D eigenvalue weighted by molar-refractivity contribution is 5.90. The average molecular weight is 763 g/mol. The molecule has 2 saturated carbocycles. The Bertz CT molecular complexity index is 1500. The van der Waals surface area contributed by atoms with Crippen molar-refractivity contribution in [3.05, 3.63) is 22.7 Å². The van der Waals surface area contributed by atoms with Crippen molar-refractivity contribution in [2.24, 2.45) is 5.92 Å². The number of alkyl carbamates (subject to hydrolysis) is 2. The molecular weight excluding hydrogens is 699 g/mol. The van der Waals surface area contributed by atoms with Crippen LogP contribution in [0.4, 0.5) is 24.6 Å². The summed E-state index contributed by atoms with van der Waals surface area (Å²) < 4.78 is 26.0. The zero-order valence-electron chi connectivity index (χ0n) is 33.5. The van der Waals surface area contributed by atoms with Crippen molar-refractivity contribution < 1.29 is 33.0 Å². The topological polar surface area (TPSA) is 167 Å². The summed E-state index contributed by atoms with van der Waals surface area (Å²) in [4.78, 5) is 73.4. The Kier molecular flexibility index (Phi) is 14.4. The van der Waals surface area contributed by atoms with Gasteiger partial charge in [0.25, 0.3) is 0 Å². The van der Waals surface area contributed by atoms with Crippen LogP contribution >= 0.6 is 0 Å². The average Bonchev–Trinajstić information content (AvgIpc) is 3.07. The van der Waals surface area contributed by atoms with Crippen LogP contribution in [0.5, 0.6) is 0 Å². The molecule has 1 aromatic heterocycles. The zero-order chi connectivity index (χ0) is 39.8. The Morgan fingerprint density at radius 3 is 1.96 bits per heavy atom. The van der Waals surface area contributed by atoms with Gasteiger partial charge in [0.05, 0.1) is 0 Å². The van der Waals surface area contributed by atoms with E-state index in [9.17, 15) is 28.4 Å². The molecule has 0 atom stereocenters. The maximum absolute atomic E-state index is 13.6. The molecule has 5 amide bonds. The molecule has 54 heavy (non-hydrogen) atoms. The van der Waals surface area contributed by atoms with Crippen LogP contribution in [0, 0.1) is 5.92 Å². The number of alkyl halides is 1. The number of nitrogens with zero attached hydrogens (tertiary/aromatic N) is 5. The minimum Gasteiger partial charge on any atom is -0.444 e. The molecule has 0 unspecified atom stereocenters. The van der Waals surface area contributed by atoms with Gasteiger partial charge in [0.1, 0.15) is 29.2 Å². The third-order valence-electron chi connectivity index (χ3n) is 10.3. The van der Waals surface area contributed by atoms with Crippen LogP contribution in [0.1, 0.15) is 113 Å². The lowest BCUT2D eigenvalue weighted by molar-refractivity contribution is -0.138. The molecule has 16 heteroatoms. The number of ether oxygens (including phenoxy) is 2. The van der Waals surface area contributed by atoms with Crippen molar-refractivity contribution in [3.8, 4) is 0 Å². The van der Waals surface area contributed by atoms with E-state index in [1.807, 2.05) is 20.8 Å². The summed E-state index contributed by atoms with van der Waals surface area (Å²) in [6, 6.07) is 1.55. The predicted molar refractivity (Wildman–Crippen MR) is 203 cm³/mol. The lowest BCUT2D eigenvalue weighted by atomic mass is 9.84. The molecule has 1 saturated heterocycles. The molecule has 0 aromatic carbocycles. The van der Waals surface area contributed by atoms with Crippen LogP contribution in [0.2, 0.25) is 0 Å². The zero-order valence-corrected chi connectivity index (χ0v) is 33.5. The summed E-state index contributed by atoms with van der Waals surface area (Å²) in [6.07, 6.45) is 7.50. The van der Waals surface area contributed by atoms with Crippen LogP contribution in [-0.4, -0.2) is 123 Å². The van der Waals surface area contributed by atoms with Gasteiger partial charge in [0, 0.05) is 63.6 Å². The van der Waals surface area contributed by atoms with Crippen LogP contribution < -0.4 is 21.6 Å². The van der Waals surface area contributed by atoms with Crippen molar-refractivity contribution >= 4 is 29.9 Å². The first-order chi connectivity index (χ1) is 25.2. The second kappa shape index (κ2) is 18.1. The third-order valence-corrected chi connectivity index (χ3v) is 10.3. The molecule has 0 bridgehead atoms. The number of nitrogens with one attached hydrogen (secondary N) is 3. The number of hydrogen-bond donors (Lipinski definition) is 3. The van der Waals surface area contributed by atoms with Crippen LogP contribution in [0.3, 0.4) is 0 Å². The second-order valence-electron chi connectivity index (χ2n) is 17.5. The first kappa shape index (κ1) is 42.8. The number of halogens is 1. The van der Waals surface area contributed by atoms with Crippen LogP contribution in [0.15, 0.2) is 17.1 Å². The lowest BCUT2D eigenvalue weighted by Gasteiger charge is -2.40. The van der Waals surface area contributed by atoms with Crippen molar-refractivity contribution in [3.63, 3.8) is 0 Å². The Hall–Kier alpha value is -3.95. The highest BCUT2D eigenvalue weighted by Gasteiger charge is 2.37. The number of urea groups is 1.